The van der Waals surface area contributed by atoms with Gasteiger partial charge in [-0.3, -0.25) is 9.69 Å². The van der Waals surface area contributed by atoms with Gasteiger partial charge in [-0.1, -0.05) is 0 Å². The average Bonchev–Trinajstić information content (AvgIpc) is 2.49. The molecule has 1 rings (SSSR count). The van der Waals surface area contributed by atoms with Crippen molar-refractivity contribution in [2.24, 2.45) is 4.99 Å². The average molecular weight is 465 g/mol. The van der Waals surface area contributed by atoms with Crippen molar-refractivity contribution in [1.29, 1.82) is 0 Å². The van der Waals surface area contributed by atoms with E-state index in [0.29, 0.717) is 38.7 Å². The highest BCUT2D eigenvalue weighted by Crippen LogP contribution is 2.25. The lowest BCUT2D eigenvalue weighted by Crippen LogP contribution is -2.56. The van der Waals surface area contributed by atoms with Crippen LogP contribution in [0.4, 0.5) is 13.2 Å². The van der Waals surface area contributed by atoms with Crippen molar-refractivity contribution < 1.29 is 18.0 Å². The monoisotopic (exact) mass is 465 g/mol. The van der Waals surface area contributed by atoms with E-state index in [0.717, 1.165) is 0 Å². The van der Waals surface area contributed by atoms with E-state index >= 15 is 0 Å². The van der Waals surface area contributed by atoms with Crippen LogP contribution in [0.2, 0.25) is 0 Å². The first-order valence-electron chi connectivity index (χ1n) is 7.71. The Morgan fingerprint density at radius 2 is 1.79 bits per heavy atom. The van der Waals surface area contributed by atoms with Gasteiger partial charge in [-0.05, 0) is 13.8 Å². The summed E-state index contributed by atoms with van der Waals surface area (Å²) < 4.78 is 38.3. The fourth-order valence-electron chi connectivity index (χ4n) is 2.24. The van der Waals surface area contributed by atoms with Crippen LogP contribution in [-0.4, -0.2) is 92.1 Å². The number of amides is 1. The Balaban J connectivity index is 0.00000529. The summed E-state index contributed by atoms with van der Waals surface area (Å²) >= 11 is 0. The molecule has 6 nitrogen and oxygen atoms in total. The molecular weight excluding hydrogens is 438 g/mol. The molecule has 1 saturated heterocycles. The Labute approximate surface area is 158 Å². The molecule has 0 aromatic heterocycles. The Hall–Kier alpha value is -0.780. The maximum absolute atomic E-state index is 12.8. The van der Waals surface area contributed by atoms with Crippen molar-refractivity contribution in [1.82, 2.24) is 20.0 Å². The molecule has 0 spiro atoms. The zero-order valence-corrected chi connectivity index (χ0v) is 16.9. The number of guanidine groups is 1. The summed E-state index contributed by atoms with van der Waals surface area (Å²) in [4.78, 5) is 20.7. The number of halogens is 4. The molecule has 0 aromatic carbocycles. The lowest BCUT2D eigenvalue weighted by Gasteiger charge is -2.39. The van der Waals surface area contributed by atoms with Gasteiger partial charge in [-0.15, -0.1) is 24.0 Å². The number of nitrogens with one attached hydrogen (secondary N) is 1. The second kappa shape index (κ2) is 10.3. The molecule has 1 amide bonds. The maximum Gasteiger partial charge on any atom is 0.403 e. The number of likely N-dealkylation sites (N-methyl/N-ethyl adjacent to an activating group) is 1. The summed E-state index contributed by atoms with van der Waals surface area (Å²) in [5, 5.41) is 3.09. The third-order valence-corrected chi connectivity index (χ3v) is 3.83. The van der Waals surface area contributed by atoms with Crippen molar-refractivity contribution in [2.45, 2.75) is 26.1 Å². The van der Waals surface area contributed by atoms with Crippen molar-refractivity contribution in [3.05, 3.63) is 0 Å². The van der Waals surface area contributed by atoms with Gasteiger partial charge in [0.05, 0.1) is 0 Å². The molecule has 1 heterocycles. The predicted octanol–water partition coefficient (Wildman–Crippen LogP) is 1.23. The molecule has 1 N–H and O–H groups in total. The van der Waals surface area contributed by atoms with Crippen LogP contribution in [0.3, 0.4) is 0 Å². The molecule has 1 aliphatic heterocycles. The van der Waals surface area contributed by atoms with Gasteiger partial charge in [-0.2, -0.15) is 13.2 Å². The molecule has 0 bridgehead atoms. The second-order valence-electron chi connectivity index (χ2n) is 5.70. The van der Waals surface area contributed by atoms with Crippen LogP contribution in [0.1, 0.15) is 13.8 Å². The van der Waals surface area contributed by atoms with E-state index in [9.17, 15) is 18.0 Å². The molecule has 24 heavy (non-hydrogen) atoms. The number of hydrogen-bond acceptors (Lipinski definition) is 3. The molecule has 0 aliphatic carbocycles. The number of hydrogen-bond donors (Lipinski definition) is 1. The minimum atomic E-state index is -4.21. The highest BCUT2D eigenvalue weighted by Gasteiger charge is 2.41. The van der Waals surface area contributed by atoms with Crippen molar-refractivity contribution in [3.63, 3.8) is 0 Å². The highest BCUT2D eigenvalue weighted by atomic mass is 127. The van der Waals surface area contributed by atoms with Crippen molar-refractivity contribution in [3.8, 4) is 0 Å². The Kier molecular flexibility index (Phi) is 9.93. The second-order valence-corrected chi connectivity index (χ2v) is 5.70. The Morgan fingerprint density at radius 3 is 2.21 bits per heavy atom. The number of rotatable bonds is 4. The van der Waals surface area contributed by atoms with E-state index in [1.807, 2.05) is 11.8 Å². The van der Waals surface area contributed by atoms with Gasteiger partial charge in [0.2, 0.25) is 5.91 Å². The summed E-state index contributed by atoms with van der Waals surface area (Å²) in [5.41, 5.74) is 0. The number of alkyl halides is 3. The zero-order chi connectivity index (χ0) is 17.6. The van der Waals surface area contributed by atoms with E-state index in [1.165, 1.54) is 16.7 Å². The van der Waals surface area contributed by atoms with Crippen LogP contribution >= 0.6 is 24.0 Å². The maximum atomic E-state index is 12.8. The van der Waals surface area contributed by atoms with Gasteiger partial charge in [-0.25, -0.2) is 4.99 Å². The summed E-state index contributed by atoms with van der Waals surface area (Å²) in [6, 6.07) is -1.44. The van der Waals surface area contributed by atoms with E-state index in [2.05, 4.69) is 10.3 Å². The third-order valence-electron chi connectivity index (χ3n) is 3.83. The molecular formula is C14H27F3IN5O. The summed E-state index contributed by atoms with van der Waals surface area (Å²) in [6.45, 7) is 5.27. The van der Waals surface area contributed by atoms with Gasteiger partial charge in [0.25, 0.3) is 0 Å². The number of carbonyl (C=O) groups is 1. The molecule has 10 heteroatoms. The minimum absolute atomic E-state index is 0. The largest absolute Gasteiger partial charge is 0.403 e. The van der Waals surface area contributed by atoms with E-state index in [-0.39, 0.29) is 36.4 Å². The first-order chi connectivity index (χ1) is 10.7. The zero-order valence-electron chi connectivity index (χ0n) is 14.6. The van der Waals surface area contributed by atoms with Crippen LogP contribution in [0.5, 0.6) is 0 Å². The van der Waals surface area contributed by atoms with Gasteiger partial charge in [0.1, 0.15) is 12.6 Å². The normalized spacial score (nSPS) is 18.0. The van der Waals surface area contributed by atoms with Crippen LogP contribution in [0.15, 0.2) is 4.99 Å². The number of carbonyl (C=O) groups excluding carboxylic acids is 1. The fraction of sp³-hybridized carbons (Fsp3) is 0.857. The van der Waals surface area contributed by atoms with Crippen LogP contribution in [0.25, 0.3) is 0 Å². The standard InChI is InChI=1S/C14H26F3N5O.HI/c1-5-18-13(19-10-12(23)20(3)4)22-8-6-21(7-9-22)11(2)14(15,16)17;/h11H,5-10H2,1-4H3,(H,18,19);1H. The summed E-state index contributed by atoms with van der Waals surface area (Å²) in [7, 11) is 3.31. The minimum Gasteiger partial charge on any atom is -0.357 e. The molecule has 1 fully saturated rings. The van der Waals surface area contributed by atoms with Crippen LogP contribution in [0, 0.1) is 0 Å². The van der Waals surface area contributed by atoms with Crippen molar-refractivity contribution in [2.75, 3.05) is 53.4 Å². The van der Waals surface area contributed by atoms with E-state index in [1.54, 1.807) is 14.1 Å². The Bertz CT molecular complexity index is 423. The van der Waals surface area contributed by atoms with E-state index < -0.39 is 12.2 Å². The molecule has 142 valence electrons. The summed E-state index contributed by atoms with van der Waals surface area (Å²) in [5.74, 6) is 0.451. The van der Waals surface area contributed by atoms with Gasteiger partial charge < -0.3 is 15.1 Å². The van der Waals surface area contributed by atoms with Crippen molar-refractivity contribution >= 4 is 35.8 Å². The lowest BCUT2D eigenvalue weighted by molar-refractivity contribution is -0.181. The first kappa shape index (κ1) is 23.2. The molecule has 1 unspecified atom stereocenters. The lowest BCUT2D eigenvalue weighted by atomic mass is 10.2. The quantitative estimate of drug-likeness (QED) is 0.386. The van der Waals surface area contributed by atoms with E-state index in [4.69, 9.17) is 0 Å². The topological polar surface area (TPSA) is 51.2 Å². The SMILES string of the molecule is CCNC(=NCC(=O)N(C)C)N1CCN(C(C)C(F)(F)F)CC1.I. The first-order valence-corrected chi connectivity index (χ1v) is 7.71. The fourth-order valence-corrected chi connectivity index (χ4v) is 2.24. The third kappa shape index (κ3) is 6.99. The number of aliphatic imine (C=N–C) groups is 1. The predicted molar refractivity (Wildman–Crippen MR) is 98.8 cm³/mol. The van der Waals surface area contributed by atoms with Gasteiger partial charge in [0, 0.05) is 46.8 Å². The number of nitrogens with zero attached hydrogens (tertiary/aromatic N) is 4. The summed E-state index contributed by atoms with van der Waals surface area (Å²) in [6.07, 6.45) is -4.21. The molecule has 0 saturated carbocycles. The van der Waals surface area contributed by atoms with Crippen LogP contribution < -0.4 is 5.32 Å². The van der Waals surface area contributed by atoms with Gasteiger partial charge in [0.15, 0.2) is 5.96 Å². The molecule has 0 radical (unpaired) electrons. The number of piperazine rings is 1. The Morgan fingerprint density at radius 1 is 1.25 bits per heavy atom. The van der Waals surface area contributed by atoms with Crippen LogP contribution in [-0.2, 0) is 4.79 Å². The van der Waals surface area contributed by atoms with Gasteiger partial charge >= 0.3 is 6.18 Å². The molecule has 1 aliphatic rings. The highest BCUT2D eigenvalue weighted by molar-refractivity contribution is 14.0. The smallest absolute Gasteiger partial charge is 0.357 e. The molecule has 0 aromatic rings. The molecule has 1 atom stereocenters.